The topological polar surface area (TPSA) is 110 Å². The van der Waals surface area contributed by atoms with Gasteiger partial charge in [-0.1, -0.05) is 19.3 Å². The monoisotopic (exact) mass is 293 g/mol. The minimum absolute atomic E-state index is 0.0848. The summed E-state index contributed by atoms with van der Waals surface area (Å²) in [4.78, 5) is 12.4. The van der Waals surface area contributed by atoms with Gasteiger partial charge in [-0.25, -0.2) is 15.0 Å². The van der Waals surface area contributed by atoms with E-state index in [1.54, 1.807) is 13.3 Å². The van der Waals surface area contributed by atoms with Crippen molar-refractivity contribution in [3.8, 4) is 0 Å². The second-order valence-corrected chi connectivity index (χ2v) is 5.32. The summed E-state index contributed by atoms with van der Waals surface area (Å²) in [5.74, 6) is 0.353. The lowest BCUT2D eigenvalue weighted by molar-refractivity contribution is 0.124. The highest BCUT2D eigenvalue weighted by atomic mass is 16.3. The minimum Gasteiger partial charge on any atom is -0.396 e. The van der Waals surface area contributed by atoms with E-state index in [-0.39, 0.29) is 12.6 Å². The summed E-state index contributed by atoms with van der Waals surface area (Å²) in [7, 11) is 0. The van der Waals surface area contributed by atoms with Gasteiger partial charge in [-0.05, 0) is 19.8 Å². The van der Waals surface area contributed by atoms with Gasteiger partial charge in [0.05, 0.1) is 18.5 Å². The molecule has 0 aliphatic rings. The second kappa shape index (κ2) is 7.33. The maximum absolute atomic E-state index is 10.1. The first-order chi connectivity index (χ1) is 10.1. The molecule has 0 saturated heterocycles. The Kier molecular flexibility index (Phi) is 5.46. The lowest BCUT2D eigenvalue weighted by atomic mass is 10.0. The number of aliphatic hydroxyl groups is 2. The number of nitrogen functional groups attached to an aromatic ring is 1. The summed E-state index contributed by atoms with van der Waals surface area (Å²) < 4.78 is 1.88. The smallest absolute Gasteiger partial charge is 0.165 e. The standard InChI is InChI=1S/C14H23N5O2/c1-10(21)11(6-4-2-3-5-7-20)19-9-18-12-13(15)16-8-17-14(12)19/h8-11,20-21H,2-7H2,1H3,(H2,15,16,17)/t10-,11+/m0/s1. The van der Waals surface area contributed by atoms with E-state index < -0.39 is 6.10 Å². The Bertz CT molecular complexity index is 569. The van der Waals surface area contributed by atoms with Crippen molar-refractivity contribution in [2.75, 3.05) is 12.3 Å². The van der Waals surface area contributed by atoms with Crippen LogP contribution < -0.4 is 5.73 Å². The van der Waals surface area contributed by atoms with Gasteiger partial charge in [0.25, 0.3) is 0 Å². The molecule has 0 aliphatic carbocycles. The van der Waals surface area contributed by atoms with E-state index in [2.05, 4.69) is 15.0 Å². The van der Waals surface area contributed by atoms with E-state index in [1.165, 1.54) is 6.33 Å². The van der Waals surface area contributed by atoms with Crippen LogP contribution in [0.25, 0.3) is 11.2 Å². The number of hydrogen-bond acceptors (Lipinski definition) is 6. The van der Waals surface area contributed by atoms with E-state index in [0.29, 0.717) is 17.0 Å². The lowest BCUT2D eigenvalue weighted by Gasteiger charge is -2.21. The summed E-state index contributed by atoms with van der Waals surface area (Å²) in [5, 5.41) is 18.8. The number of nitrogens with two attached hydrogens (primary N) is 1. The molecule has 0 aliphatic heterocycles. The summed E-state index contributed by atoms with van der Waals surface area (Å²) >= 11 is 0. The summed E-state index contributed by atoms with van der Waals surface area (Å²) in [6.45, 7) is 2.01. The van der Waals surface area contributed by atoms with Crippen molar-refractivity contribution >= 4 is 17.0 Å². The average Bonchev–Trinajstić information content (AvgIpc) is 2.88. The molecule has 7 heteroatoms. The molecule has 4 N–H and O–H groups in total. The normalized spacial score (nSPS) is 14.4. The summed E-state index contributed by atoms with van der Waals surface area (Å²) in [5.41, 5.74) is 7.02. The Morgan fingerprint density at radius 2 is 1.95 bits per heavy atom. The molecule has 21 heavy (non-hydrogen) atoms. The van der Waals surface area contributed by atoms with Gasteiger partial charge < -0.3 is 20.5 Å². The van der Waals surface area contributed by atoms with Crippen molar-refractivity contribution in [3.63, 3.8) is 0 Å². The van der Waals surface area contributed by atoms with Crippen LogP contribution in [-0.4, -0.2) is 42.4 Å². The lowest BCUT2D eigenvalue weighted by Crippen LogP contribution is -2.21. The van der Waals surface area contributed by atoms with E-state index in [9.17, 15) is 5.11 Å². The van der Waals surface area contributed by atoms with Crippen molar-refractivity contribution in [2.24, 2.45) is 0 Å². The van der Waals surface area contributed by atoms with Crippen LogP contribution in [0.4, 0.5) is 5.82 Å². The molecule has 2 rings (SSSR count). The minimum atomic E-state index is -0.503. The van der Waals surface area contributed by atoms with Crippen molar-refractivity contribution in [2.45, 2.75) is 51.2 Å². The molecular formula is C14H23N5O2. The Balaban J connectivity index is 2.11. The first kappa shape index (κ1) is 15.7. The maximum atomic E-state index is 10.1. The molecule has 0 amide bonds. The van der Waals surface area contributed by atoms with Gasteiger partial charge in [0.1, 0.15) is 11.8 Å². The number of rotatable bonds is 8. The second-order valence-electron chi connectivity index (χ2n) is 5.32. The Morgan fingerprint density at radius 3 is 2.67 bits per heavy atom. The molecule has 2 atom stereocenters. The number of anilines is 1. The van der Waals surface area contributed by atoms with E-state index in [0.717, 1.165) is 32.1 Å². The van der Waals surface area contributed by atoms with Crippen molar-refractivity contribution in [1.82, 2.24) is 19.5 Å². The van der Waals surface area contributed by atoms with E-state index in [1.807, 2.05) is 4.57 Å². The molecule has 0 unspecified atom stereocenters. The SMILES string of the molecule is C[C@H](O)[C@@H](CCCCCCO)n1cnc2c(N)ncnc21. The molecule has 2 heterocycles. The highest BCUT2D eigenvalue weighted by molar-refractivity contribution is 5.81. The van der Waals surface area contributed by atoms with Gasteiger partial charge in [0.15, 0.2) is 11.5 Å². The van der Waals surface area contributed by atoms with E-state index in [4.69, 9.17) is 10.8 Å². The summed E-state index contributed by atoms with van der Waals surface area (Å²) in [6.07, 6.45) is 7.26. The molecule has 2 aromatic heterocycles. The number of aliphatic hydroxyl groups excluding tert-OH is 2. The quantitative estimate of drug-likeness (QED) is 0.632. The fraction of sp³-hybridized carbons (Fsp3) is 0.643. The van der Waals surface area contributed by atoms with Gasteiger partial charge in [-0.15, -0.1) is 0 Å². The van der Waals surface area contributed by atoms with Gasteiger partial charge in [0, 0.05) is 6.61 Å². The average molecular weight is 293 g/mol. The van der Waals surface area contributed by atoms with Crippen molar-refractivity contribution in [3.05, 3.63) is 12.7 Å². The number of imidazole rings is 1. The molecule has 0 spiro atoms. The van der Waals surface area contributed by atoms with Crippen LogP contribution in [0.15, 0.2) is 12.7 Å². The Morgan fingerprint density at radius 1 is 1.19 bits per heavy atom. The van der Waals surface area contributed by atoms with Crippen LogP contribution in [0.3, 0.4) is 0 Å². The number of nitrogens with zero attached hydrogens (tertiary/aromatic N) is 4. The maximum Gasteiger partial charge on any atom is 0.165 e. The highest BCUT2D eigenvalue weighted by Crippen LogP contribution is 2.25. The molecule has 7 nitrogen and oxygen atoms in total. The van der Waals surface area contributed by atoms with E-state index >= 15 is 0 Å². The zero-order valence-corrected chi connectivity index (χ0v) is 12.3. The van der Waals surface area contributed by atoms with Gasteiger partial charge >= 0.3 is 0 Å². The molecule has 116 valence electrons. The summed E-state index contributed by atoms with van der Waals surface area (Å²) in [6, 6.07) is -0.0848. The molecule has 0 radical (unpaired) electrons. The van der Waals surface area contributed by atoms with Gasteiger partial charge in [-0.2, -0.15) is 0 Å². The van der Waals surface area contributed by atoms with Crippen molar-refractivity contribution in [1.29, 1.82) is 0 Å². The highest BCUT2D eigenvalue weighted by Gasteiger charge is 2.20. The first-order valence-corrected chi connectivity index (χ1v) is 7.37. The number of fused-ring (bicyclic) bond motifs is 1. The van der Waals surface area contributed by atoms with Crippen LogP contribution in [-0.2, 0) is 0 Å². The predicted octanol–water partition coefficient (Wildman–Crippen LogP) is 1.27. The van der Waals surface area contributed by atoms with Crippen molar-refractivity contribution < 1.29 is 10.2 Å². The molecule has 0 saturated carbocycles. The third kappa shape index (κ3) is 3.68. The fourth-order valence-electron chi connectivity index (χ4n) is 2.54. The van der Waals surface area contributed by atoms with Crippen LogP contribution in [0, 0.1) is 0 Å². The molecular weight excluding hydrogens is 270 g/mol. The third-order valence-corrected chi connectivity index (χ3v) is 3.71. The molecule has 2 aromatic rings. The number of hydrogen-bond donors (Lipinski definition) is 3. The fourth-order valence-corrected chi connectivity index (χ4v) is 2.54. The largest absolute Gasteiger partial charge is 0.396 e. The molecule has 0 fully saturated rings. The van der Waals surface area contributed by atoms with Crippen LogP contribution in [0.5, 0.6) is 0 Å². The molecule has 0 bridgehead atoms. The predicted molar refractivity (Wildman–Crippen MR) is 80.6 cm³/mol. The number of aromatic nitrogens is 4. The molecule has 0 aromatic carbocycles. The Hall–Kier alpha value is -1.73. The zero-order chi connectivity index (χ0) is 15.2. The van der Waals surface area contributed by atoms with Crippen LogP contribution in [0.1, 0.15) is 45.1 Å². The third-order valence-electron chi connectivity index (χ3n) is 3.71. The van der Waals surface area contributed by atoms with Gasteiger partial charge in [0.2, 0.25) is 0 Å². The Labute approximate surface area is 123 Å². The number of unbranched alkanes of at least 4 members (excludes halogenated alkanes) is 3. The zero-order valence-electron chi connectivity index (χ0n) is 12.3. The van der Waals surface area contributed by atoms with Crippen LogP contribution >= 0.6 is 0 Å². The first-order valence-electron chi connectivity index (χ1n) is 7.37. The van der Waals surface area contributed by atoms with Gasteiger partial charge in [-0.3, -0.25) is 0 Å². The van der Waals surface area contributed by atoms with Crippen LogP contribution in [0.2, 0.25) is 0 Å².